The summed E-state index contributed by atoms with van der Waals surface area (Å²) >= 11 is 0. The van der Waals surface area contributed by atoms with Crippen molar-refractivity contribution in [2.24, 2.45) is 0 Å². The van der Waals surface area contributed by atoms with Crippen LogP contribution in [0.2, 0.25) is 0 Å². The lowest BCUT2D eigenvalue weighted by Crippen LogP contribution is -2.55. The zero-order chi connectivity index (χ0) is 9.84. The molecule has 4 heteroatoms. The third kappa shape index (κ3) is 2.08. The summed E-state index contributed by atoms with van der Waals surface area (Å²) in [5, 5.41) is 8.66. The number of hydrogen-bond donors (Lipinski definition) is 1. The van der Waals surface area contributed by atoms with Crippen LogP contribution in [-0.4, -0.2) is 34.5 Å². The number of carboxylic acids is 1. The quantitative estimate of drug-likeness (QED) is 0.650. The van der Waals surface area contributed by atoms with E-state index in [1.807, 2.05) is 0 Å². The van der Waals surface area contributed by atoms with Crippen molar-refractivity contribution in [1.82, 2.24) is 4.90 Å². The van der Waals surface area contributed by atoms with E-state index in [9.17, 15) is 9.59 Å². The Morgan fingerprint density at radius 2 is 2.31 bits per heavy atom. The van der Waals surface area contributed by atoms with E-state index in [4.69, 9.17) is 5.11 Å². The van der Waals surface area contributed by atoms with Gasteiger partial charge in [-0.15, -0.1) is 6.58 Å². The number of carbonyl (C=O) groups excluding carboxylic acids is 1. The molecule has 1 amide bonds. The highest BCUT2D eigenvalue weighted by atomic mass is 16.4. The van der Waals surface area contributed by atoms with Gasteiger partial charge in [0.25, 0.3) is 0 Å². The predicted octanol–water partition coefficient (Wildman–Crippen LogP) is 0.638. The van der Waals surface area contributed by atoms with Gasteiger partial charge in [-0.25, -0.2) is 4.79 Å². The van der Waals surface area contributed by atoms with Crippen LogP contribution in [0.5, 0.6) is 0 Å². The molecule has 4 nitrogen and oxygen atoms in total. The summed E-state index contributed by atoms with van der Waals surface area (Å²) in [4.78, 5) is 23.3. The Labute approximate surface area is 76.8 Å². The standard InChI is InChI=1S/C9H13NO3/c1-2-3-4-8(11)10-6-5-7(10)9(12)13/h2,7H,1,3-6H2,(H,12,13). The molecule has 1 N–H and O–H groups in total. The van der Waals surface area contributed by atoms with Gasteiger partial charge in [0.05, 0.1) is 0 Å². The second-order valence-corrected chi connectivity index (χ2v) is 3.06. The van der Waals surface area contributed by atoms with Gasteiger partial charge >= 0.3 is 5.97 Å². The number of allylic oxidation sites excluding steroid dienone is 1. The predicted molar refractivity (Wildman–Crippen MR) is 47.2 cm³/mol. The first kappa shape index (κ1) is 9.77. The van der Waals surface area contributed by atoms with Crippen molar-refractivity contribution in [2.75, 3.05) is 6.54 Å². The zero-order valence-electron chi connectivity index (χ0n) is 7.40. The smallest absolute Gasteiger partial charge is 0.326 e. The minimum Gasteiger partial charge on any atom is -0.480 e. The van der Waals surface area contributed by atoms with Gasteiger partial charge in [-0.2, -0.15) is 0 Å². The van der Waals surface area contributed by atoms with Crippen molar-refractivity contribution < 1.29 is 14.7 Å². The minimum atomic E-state index is -0.904. The second-order valence-electron chi connectivity index (χ2n) is 3.06. The van der Waals surface area contributed by atoms with Crippen molar-refractivity contribution in [3.8, 4) is 0 Å². The molecule has 13 heavy (non-hydrogen) atoms. The molecule has 0 aromatic rings. The molecule has 1 saturated heterocycles. The Kier molecular flexibility index (Phi) is 3.06. The van der Waals surface area contributed by atoms with E-state index in [0.29, 0.717) is 25.8 Å². The summed E-state index contributed by atoms with van der Waals surface area (Å²) in [5.74, 6) is -0.989. The summed E-state index contributed by atoms with van der Waals surface area (Å²) in [6, 6.07) is -0.586. The lowest BCUT2D eigenvalue weighted by molar-refractivity contribution is -0.157. The third-order valence-electron chi connectivity index (χ3n) is 2.19. The fraction of sp³-hybridized carbons (Fsp3) is 0.556. The molecular formula is C9H13NO3. The van der Waals surface area contributed by atoms with Gasteiger partial charge in [0.15, 0.2) is 0 Å². The van der Waals surface area contributed by atoms with Gasteiger partial charge in [0.1, 0.15) is 6.04 Å². The van der Waals surface area contributed by atoms with E-state index in [1.165, 1.54) is 4.90 Å². The van der Waals surface area contributed by atoms with Gasteiger partial charge in [0.2, 0.25) is 5.91 Å². The maximum absolute atomic E-state index is 11.3. The zero-order valence-corrected chi connectivity index (χ0v) is 7.40. The molecule has 1 fully saturated rings. The van der Waals surface area contributed by atoms with E-state index >= 15 is 0 Å². The summed E-state index contributed by atoms with van der Waals surface area (Å²) in [6.07, 6.45) is 3.22. The number of amides is 1. The topological polar surface area (TPSA) is 57.6 Å². The van der Waals surface area contributed by atoms with Gasteiger partial charge in [-0.1, -0.05) is 6.08 Å². The van der Waals surface area contributed by atoms with Gasteiger partial charge in [-0.3, -0.25) is 4.79 Å². The van der Waals surface area contributed by atoms with Crippen molar-refractivity contribution >= 4 is 11.9 Å². The first-order valence-corrected chi connectivity index (χ1v) is 4.30. The number of likely N-dealkylation sites (tertiary alicyclic amines) is 1. The van der Waals surface area contributed by atoms with Crippen LogP contribution in [0, 0.1) is 0 Å². The molecule has 0 aliphatic carbocycles. The fourth-order valence-electron chi connectivity index (χ4n) is 1.31. The SMILES string of the molecule is C=CCCC(=O)N1CCC1C(=O)O. The molecule has 1 heterocycles. The normalized spacial score (nSPS) is 20.6. The van der Waals surface area contributed by atoms with E-state index < -0.39 is 12.0 Å². The first-order valence-electron chi connectivity index (χ1n) is 4.30. The average molecular weight is 183 g/mol. The van der Waals surface area contributed by atoms with Crippen LogP contribution >= 0.6 is 0 Å². The lowest BCUT2D eigenvalue weighted by atomic mass is 10.0. The number of carbonyl (C=O) groups is 2. The van der Waals surface area contributed by atoms with Crippen molar-refractivity contribution in [3.63, 3.8) is 0 Å². The molecular weight excluding hydrogens is 170 g/mol. The van der Waals surface area contributed by atoms with Crippen LogP contribution in [0.15, 0.2) is 12.7 Å². The summed E-state index contributed by atoms with van der Waals surface area (Å²) in [7, 11) is 0. The molecule has 0 radical (unpaired) electrons. The van der Waals surface area contributed by atoms with E-state index in [2.05, 4.69) is 6.58 Å². The maximum Gasteiger partial charge on any atom is 0.326 e. The first-order chi connectivity index (χ1) is 6.16. The lowest BCUT2D eigenvalue weighted by Gasteiger charge is -2.37. The van der Waals surface area contributed by atoms with Gasteiger partial charge in [-0.05, 0) is 12.8 Å². The van der Waals surface area contributed by atoms with Crippen LogP contribution in [-0.2, 0) is 9.59 Å². The molecule has 1 atom stereocenters. The highest BCUT2D eigenvalue weighted by molar-refractivity contribution is 5.85. The number of nitrogens with zero attached hydrogens (tertiary/aromatic N) is 1. The molecule has 0 aromatic heterocycles. The van der Waals surface area contributed by atoms with Crippen LogP contribution < -0.4 is 0 Å². The average Bonchev–Trinajstić information content (AvgIpc) is 1.97. The van der Waals surface area contributed by atoms with Crippen LogP contribution in [0.4, 0.5) is 0 Å². The third-order valence-corrected chi connectivity index (χ3v) is 2.19. The number of hydrogen-bond acceptors (Lipinski definition) is 2. The van der Waals surface area contributed by atoms with Gasteiger partial charge in [0, 0.05) is 13.0 Å². The Balaban J connectivity index is 2.39. The van der Waals surface area contributed by atoms with Crippen molar-refractivity contribution in [2.45, 2.75) is 25.3 Å². The highest BCUT2D eigenvalue weighted by Crippen LogP contribution is 2.18. The highest BCUT2D eigenvalue weighted by Gasteiger charge is 2.36. The molecule has 1 unspecified atom stereocenters. The summed E-state index contributed by atoms with van der Waals surface area (Å²) < 4.78 is 0. The summed E-state index contributed by atoms with van der Waals surface area (Å²) in [6.45, 7) is 4.08. The van der Waals surface area contributed by atoms with Crippen molar-refractivity contribution in [3.05, 3.63) is 12.7 Å². The van der Waals surface area contributed by atoms with Crippen LogP contribution in [0.25, 0.3) is 0 Å². The van der Waals surface area contributed by atoms with Gasteiger partial charge < -0.3 is 10.0 Å². The minimum absolute atomic E-state index is 0.0847. The number of rotatable bonds is 4. The Morgan fingerprint density at radius 3 is 2.69 bits per heavy atom. The molecule has 0 bridgehead atoms. The number of aliphatic carboxylic acids is 1. The molecule has 1 rings (SSSR count). The van der Waals surface area contributed by atoms with Crippen molar-refractivity contribution in [1.29, 1.82) is 0 Å². The largest absolute Gasteiger partial charge is 0.480 e. The van der Waals surface area contributed by atoms with E-state index in [1.54, 1.807) is 6.08 Å². The Bertz CT molecular complexity index is 237. The van der Waals surface area contributed by atoms with E-state index in [-0.39, 0.29) is 5.91 Å². The molecule has 0 saturated carbocycles. The Hall–Kier alpha value is -1.32. The molecule has 0 aromatic carbocycles. The second kappa shape index (κ2) is 4.07. The maximum atomic E-state index is 11.3. The van der Waals surface area contributed by atoms with Crippen LogP contribution in [0.3, 0.4) is 0 Å². The summed E-state index contributed by atoms with van der Waals surface area (Å²) in [5.41, 5.74) is 0. The van der Waals surface area contributed by atoms with Crippen LogP contribution in [0.1, 0.15) is 19.3 Å². The fourth-order valence-corrected chi connectivity index (χ4v) is 1.31. The monoisotopic (exact) mass is 183 g/mol. The van der Waals surface area contributed by atoms with E-state index in [0.717, 1.165) is 0 Å². The Morgan fingerprint density at radius 1 is 1.62 bits per heavy atom. The molecule has 0 spiro atoms. The molecule has 1 aliphatic heterocycles. The molecule has 72 valence electrons. The number of carboxylic acid groups (broad SMARTS) is 1. The molecule has 1 aliphatic rings.